The summed E-state index contributed by atoms with van der Waals surface area (Å²) in [6.45, 7) is 0. The van der Waals surface area contributed by atoms with Crippen molar-refractivity contribution >= 4 is 23.2 Å². The Bertz CT molecular complexity index is 1340. The van der Waals surface area contributed by atoms with Crippen LogP contribution in [-0.4, -0.2) is 25.2 Å². The lowest BCUT2D eigenvalue weighted by atomic mass is 9.84. The molecule has 4 heterocycles. The third-order valence-corrected chi connectivity index (χ3v) is 5.74. The van der Waals surface area contributed by atoms with Crippen molar-refractivity contribution in [2.24, 2.45) is 0 Å². The molecule has 0 bridgehead atoms. The maximum absolute atomic E-state index is 15.0. The van der Waals surface area contributed by atoms with E-state index in [0.717, 1.165) is 22.4 Å². The second-order valence-corrected chi connectivity index (χ2v) is 7.68. The second-order valence-electron chi connectivity index (χ2n) is 7.25. The number of fused-ring (bicyclic) bond motifs is 3. The van der Waals surface area contributed by atoms with E-state index in [4.69, 9.17) is 16.3 Å². The van der Waals surface area contributed by atoms with Crippen molar-refractivity contribution in [1.29, 1.82) is 0 Å². The lowest BCUT2D eigenvalue weighted by Crippen LogP contribution is -2.32. The summed E-state index contributed by atoms with van der Waals surface area (Å²) in [5, 5.41) is 15.9. The second kappa shape index (κ2) is 6.88. The first-order chi connectivity index (χ1) is 15.2. The van der Waals surface area contributed by atoms with E-state index in [-0.39, 0.29) is 5.82 Å². The average Bonchev–Trinajstić information content (AvgIpc) is 3.27. The Kier molecular flexibility index (Phi) is 4.00. The molecule has 0 saturated heterocycles. The van der Waals surface area contributed by atoms with Gasteiger partial charge in [-0.1, -0.05) is 34.9 Å². The lowest BCUT2D eigenvalue weighted by molar-refractivity contribution is 0.222. The Hall–Kier alpha value is -3.78. The van der Waals surface area contributed by atoms with Crippen molar-refractivity contribution in [3.8, 4) is 5.75 Å². The first-order valence-electron chi connectivity index (χ1n) is 9.60. The average molecular weight is 433 g/mol. The smallest absolute Gasteiger partial charge is 0.248 e. The third kappa shape index (κ3) is 2.79. The van der Waals surface area contributed by atoms with Crippen LogP contribution in [0.25, 0.3) is 5.70 Å². The summed E-state index contributed by atoms with van der Waals surface area (Å²) >= 11 is 6.30. The highest BCUT2D eigenvalue weighted by molar-refractivity contribution is 6.30. The minimum absolute atomic E-state index is 0.354. The van der Waals surface area contributed by atoms with Crippen LogP contribution in [0.2, 0.25) is 5.02 Å². The van der Waals surface area contributed by atoms with Gasteiger partial charge in [0.2, 0.25) is 5.95 Å². The number of pyridine rings is 1. The predicted octanol–water partition coefficient (Wildman–Crippen LogP) is 4.42. The molecule has 2 aromatic heterocycles. The van der Waals surface area contributed by atoms with Crippen LogP contribution in [0.4, 0.5) is 10.3 Å². The van der Waals surface area contributed by atoms with E-state index in [2.05, 4.69) is 25.8 Å². The molecule has 7 nitrogen and oxygen atoms in total. The first kappa shape index (κ1) is 18.0. The van der Waals surface area contributed by atoms with Gasteiger partial charge in [0.1, 0.15) is 23.7 Å². The third-order valence-electron chi connectivity index (χ3n) is 5.50. The van der Waals surface area contributed by atoms with Gasteiger partial charge in [-0.05, 0) is 52.4 Å². The molecule has 0 radical (unpaired) electrons. The zero-order valence-electron chi connectivity index (χ0n) is 15.9. The molecule has 0 unspecified atom stereocenters. The van der Waals surface area contributed by atoms with Crippen molar-refractivity contribution in [2.45, 2.75) is 12.1 Å². The Labute approximate surface area is 181 Å². The van der Waals surface area contributed by atoms with Gasteiger partial charge in [0.05, 0.1) is 5.70 Å². The molecule has 4 aromatic rings. The molecule has 0 amide bonds. The molecule has 2 aliphatic rings. The summed E-state index contributed by atoms with van der Waals surface area (Å²) in [6.07, 6.45) is 2.89. The summed E-state index contributed by atoms with van der Waals surface area (Å²) in [4.78, 5) is 4.12. The number of benzene rings is 2. The quantitative estimate of drug-likeness (QED) is 0.505. The van der Waals surface area contributed by atoms with Gasteiger partial charge in [0, 0.05) is 34.1 Å². The number of ether oxygens (including phenoxy) is 1. The van der Waals surface area contributed by atoms with Crippen molar-refractivity contribution in [3.63, 3.8) is 0 Å². The molecule has 0 saturated carbocycles. The Morgan fingerprint density at radius 1 is 1.06 bits per heavy atom. The zero-order chi connectivity index (χ0) is 20.9. The zero-order valence-corrected chi connectivity index (χ0v) is 16.7. The lowest BCUT2D eigenvalue weighted by Gasteiger charge is -2.38. The van der Waals surface area contributed by atoms with E-state index in [1.54, 1.807) is 41.3 Å². The highest BCUT2D eigenvalue weighted by Crippen LogP contribution is 2.51. The van der Waals surface area contributed by atoms with Gasteiger partial charge in [-0.2, -0.15) is 4.68 Å². The number of nitrogens with one attached hydrogen (secondary N) is 1. The van der Waals surface area contributed by atoms with Crippen molar-refractivity contribution in [3.05, 3.63) is 100 Å². The number of tetrazole rings is 1. The first-order valence-corrected chi connectivity index (χ1v) is 9.98. The minimum atomic E-state index is -0.618. The monoisotopic (exact) mass is 432 g/mol. The molecule has 2 aromatic carbocycles. The number of nitrogens with zero attached hydrogens (tertiary/aromatic N) is 5. The number of anilines is 1. The molecule has 31 heavy (non-hydrogen) atoms. The van der Waals surface area contributed by atoms with Gasteiger partial charge >= 0.3 is 0 Å². The normalized spacial score (nSPS) is 19.0. The SMILES string of the molecule is Fc1ccccc1[C@@H]1C2=C(Nc3nnnn31)c1cc(Cl)ccc1O[C@@H]2c1ccncc1. The Morgan fingerprint density at radius 3 is 2.74 bits per heavy atom. The van der Waals surface area contributed by atoms with Crippen LogP contribution in [0.5, 0.6) is 5.75 Å². The molecule has 2 atom stereocenters. The van der Waals surface area contributed by atoms with E-state index in [9.17, 15) is 0 Å². The predicted molar refractivity (Wildman–Crippen MR) is 112 cm³/mol. The number of rotatable bonds is 2. The standard InChI is InChI=1S/C22H14ClFN6O/c23-13-5-6-17-15(11-13)19-18(21(31-17)12-7-9-25-10-8-12)20(14-3-1-2-4-16(14)24)30-22(26-19)27-28-29-30/h1-11,20-21H,(H,26,27,29)/t20-,21-/m1/s1. The van der Waals surface area contributed by atoms with Crippen LogP contribution in [0.15, 0.2) is 72.6 Å². The van der Waals surface area contributed by atoms with Gasteiger partial charge in [-0.3, -0.25) is 4.98 Å². The summed E-state index contributed by atoms with van der Waals surface area (Å²) < 4.78 is 23.0. The fourth-order valence-corrected chi connectivity index (χ4v) is 4.34. The summed E-state index contributed by atoms with van der Waals surface area (Å²) in [5.74, 6) is 0.715. The number of hydrogen-bond donors (Lipinski definition) is 1. The van der Waals surface area contributed by atoms with Crippen molar-refractivity contribution in [1.82, 2.24) is 25.2 Å². The molecule has 6 rings (SSSR count). The molecular weight excluding hydrogens is 419 g/mol. The van der Waals surface area contributed by atoms with Crippen molar-refractivity contribution in [2.75, 3.05) is 5.32 Å². The van der Waals surface area contributed by atoms with E-state index in [0.29, 0.717) is 22.3 Å². The van der Waals surface area contributed by atoms with Crippen molar-refractivity contribution < 1.29 is 9.13 Å². The maximum atomic E-state index is 15.0. The van der Waals surface area contributed by atoms with Crippen LogP contribution >= 0.6 is 11.6 Å². The molecule has 9 heteroatoms. The molecule has 1 N–H and O–H groups in total. The molecular formula is C22H14ClFN6O. The van der Waals surface area contributed by atoms with E-state index >= 15 is 4.39 Å². The van der Waals surface area contributed by atoms with Gasteiger partial charge in [0.25, 0.3) is 0 Å². The molecule has 0 aliphatic carbocycles. The molecule has 0 spiro atoms. The summed E-state index contributed by atoms with van der Waals surface area (Å²) in [6, 6.07) is 15.2. The van der Waals surface area contributed by atoms with Crippen LogP contribution in [0, 0.1) is 5.82 Å². The number of halogens is 2. The van der Waals surface area contributed by atoms with Gasteiger partial charge in [0.15, 0.2) is 0 Å². The van der Waals surface area contributed by atoms with E-state index in [1.165, 1.54) is 6.07 Å². The van der Waals surface area contributed by atoms with Gasteiger partial charge < -0.3 is 10.1 Å². The maximum Gasteiger partial charge on any atom is 0.248 e. The highest BCUT2D eigenvalue weighted by Gasteiger charge is 2.42. The van der Waals surface area contributed by atoms with E-state index in [1.807, 2.05) is 24.3 Å². The van der Waals surface area contributed by atoms with Gasteiger partial charge in [-0.25, -0.2) is 4.39 Å². The molecule has 152 valence electrons. The van der Waals surface area contributed by atoms with Gasteiger partial charge in [-0.15, -0.1) is 0 Å². The highest BCUT2D eigenvalue weighted by atomic mass is 35.5. The summed E-state index contributed by atoms with van der Waals surface area (Å²) in [7, 11) is 0. The fourth-order valence-electron chi connectivity index (χ4n) is 4.17. The Morgan fingerprint density at radius 2 is 1.90 bits per heavy atom. The van der Waals surface area contributed by atoms with Crippen LogP contribution in [-0.2, 0) is 0 Å². The Balaban J connectivity index is 1.67. The molecule has 2 aliphatic heterocycles. The fraction of sp³-hybridized carbons (Fsp3) is 0.0909. The number of hydrogen-bond acceptors (Lipinski definition) is 6. The topological polar surface area (TPSA) is 77.8 Å². The number of aromatic nitrogens is 5. The minimum Gasteiger partial charge on any atom is -0.480 e. The molecule has 0 fully saturated rings. The van der Waals surface area contributed by atoms with Crippen LogP contribution in [0.1, 0.15) is 28.8 Å². The van der Waals surface area contributed by atoms with E-state index < -0.39 is 12.1 Å². The van der Waals surface area contributed by atoms with Crippen LogP contribution < -0.4 is 10.1 Å². The summed E-state index contributed by atoms with van der Waals surface area (Å²) in [5.41, 5.74) is 3.62. The van der Waals surface area contributed by atoms with Crippen LogP contribution in [0.3, 0.4) is 0 Å². The largest absolute Gasteiger partial charge is 0.480 e.